The van der Waals surface area contributed by atoms with Crippen molar-refractivity contribution >= 4 is 11.8 Å². The summed E-state index contributed by atoms with van der Waals surface area (Å²) < 4.78 is 5.38. The van der Waals surface area contributed by atoms with Gasteiger partial charge in [-0.1, -0.05) is 60.7 Å². The minimum atomic E-state index is -0.330. The number of nitrogens with one attached hydrogen (secondary N) is 1. The van der Waals surface area contributed by atoms with Crippen LogP contribution in [-0.2, 0) is 11.3 Å². The van der Waals surface area contributed by atoms with Gasteiger partial charge in [-0.05, 0) is 35.4 Å². The van der Waals surface area contributed by atoms with Crippen LogP contribution in [0.15, 0.2) is 84.9 Å². The van der Waals surface area contributed by atoms with Crippen molar-refractivity contribution in [1.29, 1.82) is 0 Å². The van der Waals surface area contributed by atoms with E-state index in [1.807, 2.05) is 84.9 Å². The summed E-state index contributed by atoms with van der Waals surface area (Å²) in [5, 5.41) is 3.06. The van der Waals surface area contributed by atoms with E-state index < -0.39 is 0 Å². The molecule has 0 spiro atoms. The van der Waals surface area contributed by atoms with Crippen LogP contribution in [0.5, 0.6) is 5.75 Å². The summed E-state index contributed by atoms with van der Waals surface area (Å²) in [6.07, 6.45) is 0. The van der Waals surface area contributed by atoms with Crippen molar-refractivity contribution in [3.8, 4) is 5.75 Å². The SMILES string of the molecule is COc1cccc([C@H]2CN(C(=O)c3ccccc3)C[C@H]2C(=O)NCc2ccccc2)c1. The maximum absolute atomic E-state index is 13.2. The molecule has 5 nitrogen and oxygen atoms in total. The first-order valence-corrected chi connectivity index (χ1v) is 10.5. The average molecular weight is 415 g/mol. The Morgan fingerprint density at radius 3 is 2.35 bits per heavy atom. The lowest BCUT2D eigenvalue weighted by Crippen LogP contribution is -2.35. The van der Waals surface area contributed by atoms with E-state index in [2.05, 4.69) is 5.32 Å². The molecule has 3 aromatic carbocycles. The summed E-state index contributed by atoms with van der Waals surface area (Å²) in [4.78, 5) is 28.0. The Morgan fingerprint density at radius 2 is 1.65 bits per heavy atom. The first-order chi connectivity index (χ1) is 15.2. The molecule has 1 heterocycles. The first kappa shape index (κ1) is 20.7. The number of rotatable bonds is 6. The second kappa shape index (κ2) is 9.47. The van der Waals surface area contributed by atoms with Crippen LogP contribution >= 0.6 is 0 Å². The molecule has 31 heavy (non-hydrogen) atoms. The van der Waals surface area contributed by atoms with Crippen LogP contribution < -0.4 is 10.1 Å². The predicted molar refractivity (Wildman–Crippen MR) is 120 cm³/mol. The number of hydrogen-bond donors (Lipinski definition) is 1. The van der Waals surface area contributed by atoms with Gasteiger partial charge in [0, 0.05) is 31.1 Å². The van der Waals surface area contributed by atoms with Crippen LogP contribution in [-0.4, -0.2) is 36.9 Å². The minimum absolute atomic E-state index is 0.0416. The molecule has 1 aliphatic rings. The predicted octanol–water partition coefficient (Wildman–Crippen LogP) is 3.87. The van der Waals surface area contributed by atoms with Gasteiger partial charge in [0.05, 0.1) is 13.0 Å². The summed E-state index contributed by atoms with van der Waals surface area (Å²) in [6.45, 7) is 1.34. The second-order valence-corrected chi connectivity index (χ2v) is 7.77. The summed E-state index contributed by atoms with van der Waals surface area (Å²) in [7, 11) is 1.63. The van der Waals surface area contributed by atoms with E-state index in [-0.39, 0.29) is 23.7 Å². The Morgan fingerprint density at radius 1 is 0.935 bits per heavy atom. The van der Waals surface area contributed by atoms with Gasteiger partial charge in [-0.3, -0.25) is 9.59 Å². The molecule has 0 unspecified atom stereocenters. The lowest BCUT2D eigenvalue weighted by molar-refractivity contribution is -0.125. The van der Waals surface area contributed by atoms with E-state index >= 15 is 0 Å². The molecule has 0 bridgehead atoms. The molecule has 0 saturated carbocycles. The molecule has 4 rings (SSSR count). The van der Waals surface area contributed by atoms with Crippen molar-refractivity contribution < 1.29 is 14.3 Å². The number of hydrogen-bond acceptors (Lipinski definition) is 3. The molecule has 1 N–H and O–H groups in total. The Kier molecular flexibility index (Phi) is 6.32. The van der Waals surface area contributed by atoms with Crippen molar-refractivity contribution in [3.05, 3.63) is 102 Å². The Hall–Kier alpha value is -3.60. The summed E-state index contributed by atoms with van der Waals surface area (Å²) >= 11 is 0. The molecule has 0 radical (unpaired) electrons. The number of carbonyl (C=O) groups is 2. The number of methoxy groups -OCH3 is 1. The zero-order chi connectivity index (χ0) is 21.6. The highest BCUT2D eigenvalue weighted by Gasteiger charge is 2.40. The number of benzene rings is 3. The van der Waals surface area contributed by atoms with Crippen LogP contribution in [0, 0.1) is 5.92 Å². The Labute approximate surface area is 182 Å². The van der Waals surface area contributed by atoms with Gasteiger partial charge >= 0.3 is 0 Å². The zero-order valence-electron chi connectivity index (χ0n) is 17.5. The van der Waals surface area contributed by atoms with Gasteiger partial charge in [0.1, 0.15) is 5.75 Å². The van der Waals surface area contributed by atoms with Gasteiger partial charge in [-0.15, -0.1) is 0 Å². The van der Waals surface area contributed by atoms with Crippen LogP contribution in [0.4, 0.5) is 0 Å². The van der Waals surface area contributed by atoms with E-state index in [1.54, 1.807) is 12.0 Å². The molecule has 3 aromatic rings. The quantitative estimate of drug-likeness (QED) is 0.666. The monoisotopic (exact) mass is 414 g/mol. The molecular formula is C26H26N2O3. The topological polar surface area (TPSA) is 58.6 Å². The van der Waals surface area contributed by atoms with Gasteiger partial charge in [-0.2, -0.15) is 0 Å². The number of carbonyl (C=O) groups excluding carboxylic acids is 2. The number of amides is 2. The third-order valence-corrected chi connectivity index (χ3v) is 5.80. The largest absolute Gasteiger partial charge is 0.497 e. The number of likely N-dealkylation sites (tertiary alicyclic amines) is 1. The maximum Gasteiger partial charge on any atom is 0.253 e. The van der Waals surface area contributed by atoms with Crippen LogP contribution in [0.1, 0.15) is 27.4 Å². The molecule has 1 saturated heterocycles. The lowest BCUT2D eigenvalue weighted by atomic mass is 9.88. The molecule has 2 amide bonds. The molecule has 2 atom stereocenters. The summed E-state index contributed by atoms with van der Waals surface area (Å²) in [6, 6.07) is 26.8. The molecule has 5 heteroatoms. The van der Waals surface area contributed by atoms with E-state index in [4.69, 9.17) is 4.74 Å². The molecule has 0 aliphatic carbocycles. The average Bonchev–Trinajstić information content (AvgIpc) is 3.29. The van der Waals surface area contributed by atoms with Crippen molar-refractivity contribution in [2.24, 2.45) is 5.92 Å². The van der Waals surface area contributed by atoms with E-state index in [1.165, 1.54) is 0 Å². The van der Waals surface area contributed by atoms with Gasteiger partial charge < -0.3 is 15.0 Å². The van der Waals surface area contributed by atoms with Crippen LogP contribution in [0.25, 0.3) is 0 Å². The first-order valence-electron chi connectivity index (χ1n) is 10.5. The standard InChI is InChI=1S/C26H26N2O3/c1-31-22-14-8-13-21(15-22)23-17-28(26(30)20-11-6-3-7-12-20)18-24(23)25(29)27-16-19-9-4-2-5-10-19/h2-15,23-24H,16-18H2,1H3,(H,27,29)/t23-,24-/m1/s1. The second-order valence-electron chi connectivity index (χ2n) is 7.77. The van der Waals surface area contributed by atoms with E-state index in [9.17, 15) is 9.59 Å². The fraction of sp³-hybridized carbons (Fsp3) is 0.231. The molecule has 158 valence electrons. The highest BCUT2D eigenvalue weighted by molar-refractivity contribution is 5.95. The minimum Gasteiger partial charge on any atom is -0.497 e. The molecule has 0 aromatic heterocycles. The van der Waals surface area contributed by atoms with Crippen molar-refractivity contribution in [3.63, 3.8) is 0 Å². The number of nitrogens with zero attached hydrogens (tertiary/aromatic N) is 1. The van der Waals surface area contributed by atoms with Gasteiger partial charge in [0.25, 0.3) is 5.91 Å². The summed E-state index contributed by atoms with van der Waals surface area (Å²) in [5.74, 6) is 0.225. The molecular weight excluding hydrogens is 388 g/mol. The highest BCUT2D eigenvalue weighted by Crippen LogP contribution is 2.35. The van der Waals surface area contributed by atoms with E-state index in [0.29, 0.717) is 25.2 Å². The third kappa shape index (κ3) is 4.77. The summed E-state index contributed by atoms with van der Waals surface area (Å²) in [5.41, 5.74) is 2.68. The van der Waals surface area contributed by atoms with Gasteiger partial charge in [0.15, 0.2) is 0 Å². The maximum atomic E-state index is 13.2. The van der Waals surface area contributed by atoms with Crippen LogP contribution in [0.3, 0.4) is 0 Å². The normalized spacial score (nSPS) is 17.9. The fourth-order valence-corrected chi connectivity index (χ4v) is 4.12. The van der Waals surface area contributed by atoms with Crippen molar-refractivity contribution in [2.75, 3.05) is 20.2 Å². The van der Waals surface area contributed by atoms with E-state index in [0.717, 1.165) is 16.9 Å². The molecule has 1 aliphatic heterocycles. The van der Waals surface area contributed by atoms with Gasteiger partial charge in [0.2, 0.25) is 5.91 Å². The Balaban J connectivity index is 1.56. The van der Waals surface area contributed by atoms with Crippen molar-refractivity contribution in [2.45, 2.75) is 12.5 Å². The fourth-order valence-electron chi connectivity index (χ4n) is 4.12. The third-order valence-electron chi connectivity index (χ3n) is 5.80. The zero-order valence-corrected chi connectivity index (χ0v) is 17.5. The smallest absolute Gasteiger partial charge is 0.253 e. The highest BCUT2D eigenvalue weighted by atomic mass is 16.5. The number of ether oxygens (including phenoxy) is 1. The van der Waals surface area contributed by atoms with Gasteiger partial charge in [-0.25, -0.2) is 0 Å². The van der Waals surface area contributed by atoms with Crippen LogP contribution in [0.2, 0.25) is 0 Å². The lowest BCUT2D eigenvalue weighted by Gasteiger charge is -2.18. The van der Waals surface area contributed by atoms with Crippen molar-refractivity contribution in [1.82, 2.24) is 10.2 Å². The molecule has 1 fully saturated rings. The Bertz CT molecular complexity index is 1040.